The van der Waals surface area contributed by atoms with E-state index in [2.05, 4.69) is 25.4 Å². The highest BCUT2D eigenvalue weighted by Crippen LogP contribution is 2.25. The maximum atomic E-state index is 13.6. The summed E-state index contributed by atoms with van der Waals surface area (Å²) in [5.74, 6) is -4.21. The molecule has 196 valence electrons. The Bertz CT molecular complexity index is 1110. The summed E-state index contributed by atoms with van der Waals surface area (Å²) >= 11 is 0. The van der Waals surface area contributed by atoms with Crippen molar-refractivity contribution < 1.29 is 36.4 Å². The molecule has 0 atom stereocenters. The SMILES string of the molecule is Cc1cnc(NC2CCC(NC(=O)N(OC(=O)C(F)(F)F)c3ccc(F)c(F)c3)CC2)nc1N(C)C. The van der Waals surface area contributed by atoms with Crippen molar-refractivity contribution in [2.75, 3.05) is 29.4 Å². The number of aromatic nitrogens is 2. The zero-order chi connectivity index (χ0) is 26.6. The lowest BCUT2D eigenvalue weighted by Gasteiger charge is -2.31. The van der Waals surface area contributed by atoms with Gasteiger partial charge in [0.05, 0.1) is 5.69 Å². The Labute approximate surface area is 203 Å². The average Bonchev–Trinajstić information content (AvgIpc) is 2.80. The van der Waals surface area contributed by atoms with Gasteiger partial charge in [-0.15, -0.1) is 5.06 Å². The van der Waals surface area contributed by atoms with Crippen LogP contribution in [0.25, 0.3) is 0 Å². The molecular formula is C22H25F5N6O3. The maximum absolute atomic E-state index is 13.6. The largest absolute Gasteiger partial charge is 0.493 e. The number of carbonyl (C=O) groups excluding carboxylic acids is 2. The molecule has 0 bridgehead atoms. The second kappa shape index (κ2) is 10.9. The number of nitrogens with zero attached hydrogens (tertiary/aromatic N) is 4. The second-order valence-corrected chi connectivity index (χ2v) is 8.51. The summed E-state index contributed by atoms with van der Waals surface area (Å²) < 4.78 is 65.0. The molecule has 0 spiro atoms. The summed E-state index contributed by atoms with van der Waals surface area (Å²) in [6.07, 6.45) is -1.68. The van der Waals surface area contributed by atoms with Gasteiger partial charge in [0.2, 0.25) is 5.95 Å². The van der Waals surface area contributed by atoms with Crippen molar-refractivity contribution in [2.24, 2.45) is 0 Å². The molecule has 1 saturated carbocycles. The first-order valence-corrected chi connectivity index (χ1v) is 11.0. The Morgan fingerprint density at radius 1 is 1.06 bits per heavy atom. The number of hydrogen-bond acceptors (Lipinski definition) is 7. The number of anilines is 3. The molecule has 2 aromatic rings. The third-order valence-corrected chi connectivity index (χ3v) is 5.48. The van der Waals surface area contributed by atoms with Crippen LogP contribution in [0, 0.1) is 18.6 Å². The van der Waals surface area contributed by atoms with Crippen LogP contribution in [0.2, 0.25) is 0 Å². The molecular weight excluding hydrogens is 491 g/mol. The Morgan fingerprint density at radius 2 is 1.69 bits per heavy atom. The van der Waals surface area contributed by atoms with Gasteiger partial charge in [0.25, 0.3) is 0 Å². The summed E-state index contributed by atoms with van der Waals surface area (Å²) in [5.41, 5.74) is 0.321. The van der Waals surface area contributed by atoms with Gasteiger partial charge in [0.1, 0.15) is 5.82 Å². The first-order chi connectivity index (χ1) is 16.8. The van der Waals surface area contributed by atoms with Gasteiger partial charge in [0.15, 0.2) is 11.6 Å². The lowest BCUT2D eigenvalue weighted by molar-refractivity contribution is -0.199. The van der Waals surface area contributed by atoms with E-state index in [0.717, 1.165) is 17.4 Å². The molecule has 3 rings (SSSR count). The van der Waals surface area contributed by atoms with Gasteiger partial charge in [-0.3, -0.25) is 0 Å². The Morgan fingerprint density at radius 3 is 2.28 bits per heavy atom. The van der Waals surface area contributed by atoms with Crippen molar-refractivity contribution in [2.45, 2.75) is 50.9 Å². The van der Waals surface area contributed by atoms with Crippen LogP contribution in [0.4, 0.5) is 44.2 Å². The van der Waals surface area contributed by atoms with Gasteiger partial charge in [-0.25, -0.2) is 23.4 Å². The summed E-state index contributed by atoms with van der Waals surface area (Å²) in [6, 6.07) is 0.144. The van der Waals surface area contributed by atoms with Gasteiger partial charge in [-0.1, -0.05) is 0 Å². The number of aryl methyl sites for hydroxylation is 1. The number of hydrogen-bond donors (Lipinski definition) is 2. The average molecular weight is 516 g/mol. The minimum atomic E-state index is -5.41. The fourth-order valence-electron chi connectivity index (χ4n) is 3.71. The molecule has 1 aliphatic carbocycles. The first kappa shape index (κ1) is 26.9. The third kappa shape index (κ3) is 6.70. The summed E-state index contributed by atoms with van der Waals surface area (Å²) in [4.78, 5) is 38.8. The second-order valence-electron chi connectivity index (χ2n) is 8.51. The lowest BCUT2D eigenvalue weighted by atomic mass is 9.91. The Balaban J connectivity index is 1.64. The first-order valence-electron chi connectivity index (χ1n) is 11.0. The van der Waals surface area contributed by atoms with Gasteiger partial charge >= 0.3 is 18.2 Å². The molecule has 2 N–H and O–H groups in total. The summed E-state index contributed by atoms with van der Waals surface area (Å²) in [5, 5.41) is 5.69. The molecule has 0 saturated heterocycles. The summed E-state index contributed by atoms with van der Waals surface area (Å²) in [6.45, 7) is 1.89. The van der Waals surface area contributed by atoms with E-state index in [4.69, 9.17) is 0 Å². The number of alkyl halides is 3. The number of halogens is 5. The van der Waals surface area contributed by atoms with Gasteiger partial charge in [-0.2, -0.15) is 18.2 Å². The molecule has 14 heteroatoms. The van der Waals surface area contributed by atoms with Gasteiger partial charge in [-0.05, 0) is 44.7 Å². The molecule has 0 aliphatic heterocycles. The molecule has 1 aromatic carbocycles. The molecule has 1 aliphatic rings. The van der Waals surface area contributed by atoms with Crippen LogP contribution in [-0.2, 0) is 9.63 Å². The lowest BCUT2D eigenvalue weighted by Crippen LogP contribution is -2.49. The highest BCUT2D eigenvalue weighted by molar-refractivity contribution is 5.93. The zero-order valence-electron chi connectivity index (χ0n) is 19.7. The van der Waals surface area contributed by atoms with Gasteiger partial charge in [0, 0.05) is 44.0 Å². The Hall–Kier alpha value is -3.71. The third-order valence-electron chi connectivity index (χ3n) is 5.48. The minimum absolute atomic E-state index is 0.0128. The zero-order valence-corrected chi connectivity index (χ0v) is 19.7. The van der Waals surface area contributed by atoms with E-state index in [0.29, 0.717) is 43.8 Å². The molecule has 1 aromatic heterocycles. The van der Waals surface area contributed by atoms with Crippen molar-refractivity contribution in [1.29, 1.82) is 0 Å². The van der Waals surface area contributed by atoms with E-state index in [-0.39, 0.29) is 11.1 Å². The number of rotatable bonds is 5. The van der Waals surface area contributed by atoms with Crippen LogP contribution in [0.1, 0.15) is 31.2 Å². The minimum Gasteiger partial charge on any atom is -0.362 e. The van der Waals surface area contributed by atoms with Crippen molar-refractivity contribution in [1.82, 2.24) is 15.3 Å². The standard InChI is InChI=1S/C22H25F5N6O3/c1-12-11-28-20(31-18(12)32(2)3)29-13-4-6-14(7-5-13)30-21(35)33(36-19(34)22(25,26)27)15-8-9-16(23)17(24)10-15/h8-11,13-14H,4-7H2,1-3H3,(H,30,35)(H,28,29,31). The number of benzene rings is 1. The molecule has 2 amide bonds. The van der Waals surface area contributed by atoms with E-state index in [1.165, 1.54) is 0 Å². The van der Waals surface area contributed by atoms with Crippen LogP contribution in [0.5, 0.6) is 0 Å². The highest BCUT2D eigenvalue weighted by atomic mass is 19.4. The van der Waals surface area contributed by atoms with Crippen LogP contribution in [-0.4, -0.2) is 54.3 Å². The van der Waals surface area contributed by atoms with Crippen LogP contribution >= 0.6 is 0 Å². The van der Waals surface area contributed by atoms with E-state index in [1.807, 2.05) is 25.9 Å². The predicted molar refractivity (Wildman–Crippen MR) is 120 cm³/mol. The number of hydroxylamine groups is 1. The monoisotopic (exact) mass is 516 g/mol. The molecule has 36 heavy (non-hydrogen) atoms. The van der Waals surface area contributed by atoms with Crippen molar-refractivity contribution in [3.63, 3.8) is 0 Å². The smallest absolute Gasteiger partial charge is 0.362 e. The number of nitrogens with one attached hydrogen (secondary N) is 2. The topological polar surface area (TPSA) is 99.7 Å². The maximum Gasteiger partial charge on any atom is 0.493 e. The van der Waals surface area contributed by atoms with Crippen molar-refractivity contribution >= 4 is 29.5 Å². The fraction of sp³-hybridized carbons (Fsp3) is 0.455. The van der Waals surface area contributed by atoms with Crippen LogP contribution < -0.4 is 20.6 Å². The quantitative estimate of drug-likeness (QED) is 0.456. The fourth-order valence-corrected chi connectivity index (χ4v) is 3.71. The van der Waals surface area contributed by atoms with E-state index in [9.17, 15) is 31.5 Å². The summed E-state index contributed by atoms with van der Waals surface area (Å²) in [7, 11) is 3.73. The molecule has 1 heterocycles. The molecule has 1 fully saturated rings. The molecule has 0 radical (unpaired) electrons. The molecule has 9 nitrogen and oxygen atoms in total. The van der Waals surface area contributed by atoms with E-state index in [1.54, 1.807) is 6.20 Å². The number of urea groups is 1. The van der Waals surface area contributed by atoms with Crippen molar-refractivity contribution in [3.05, 3.63) is 41.6 Å². The van der Waals surface area contributed by atoms with E-state index < -0.39 is 41.5 Å². The highest BCUT2D eigenvalue weighted by Gasteiger charge is 2.44. The number of carbonyl (C=O) groups is 2. The van der Waals surface area contributed by atoms with Crippen LogP contribution in [0.3, 0.4) is 0 Å². The number of amides is 2. The molecule has 0 unspecified atom stereocenters. The predicted octanol–water partition coefficient (Wildman–Crippen LogP) is 4.09. The van der Waals surface area contributed by atoms with Gasteiger partial charge < -0.3 is 20.4 Å². The Kier molecular flexibility index (Phi) is 8.15. The van der Waals surface area contributed by atoms with E-state index >= 15 is 0 Å². The van der Waals surface area contributed by atoms with Crippen LogP contribution in [0.15, 0.2) is 24.4 Å². The van der Waals surface area contributed by atoms with Crippen molar-refractivity contribution in [3.8, 4) is 0 Å². The normalized spacial score (nSPS) is 17.8.